The minimum atomic E-state index is 0.101. The van der Waals surface area contributed by atoms with Crippen LogP contribution in [0.5, 0.6) is 0 Å². The van der Waals surface area contributed by atoms with Gasteiger partial charge in [-0.25, -0.2) is 0 Å². The van der Waals surface area contributed by atoms with Crippen LogP contribution in [0.15, 0.2) is 30.3 Å². The van der Waals surface area contributed by atoms with Gasteiger partial charge < -0.3 is 14.8 Å². The van der Waals surface area contributed by atoms with E-state index in [4.69, 9.17) is 9.47 Å². The molecular formula is C16H23NO3. The fourth-order valence-electron chi connectivity index (χ4n) is 2.33. The number of nitrogens with one attached hydrogen (secondary N) is 1. The van der Waals surface area contributed by atoms with Gasteiger partial charge in [-0.3, -0.25) is 4.79 Å². The van der Waals surface area contributed by atoms with E-state index in [1.807, 2.05) is 30.3 Å². The van der Waals surface area contributed by atoms with Crippen molar-refractivity contribution in [2.45, 2.75) is 25.9 Å². The lowest BCUT2D eigenvalue weighted by atomic mass is 9.98. The predicted molar refractivity (Wildman–Crippen MR) is 77.3 cm³/mol. The molecule has 4 nitrogen and oxygen atoms in total. The summed E-state index contributed by atoms with van der Waals surface area (Å²) in [4.78, 5) is 11.7. The molecule has 0 saturated carbocycles. The van der Waals surface area contributed by atoms with Gasteiger partial charge in [-0.1, -0.05) is 30.3 Å². The van der Waals surface area contributed by atoms with Crippen LogP contribution in [0.25, 0.3) is 0 Å². The van der Waals surface area contributed by atoms with Gasteiger partial charge in [0.15, 0.2) is 0 Å². The fraction of sp³-hybridized carbons (Fsp3) is 0.562. The molecule has 1 aliphatic heterocycles. The molecule has 1 fully saturated rings. The van der Waals surface area contributed by atoms with E-state index >= 15 is 0 Å². The Hall–Kier alpha value is -1.39. The molecule has 1 N–H and O–H groups in total. The van der Waals surface area contributed by atoms with Crippen molar-refractivity contribution in [2.24, 2.45) is 5.92 Å². The molecule has 0 spiro atoms. The van der Waals surface area contributed by atoms with Crippen LogP contribution < -0.4 is 5.32 Å². The first-order valence-corrected chi connectivity index (χ1v) is 7.30. The molecule has 1 saturated heterocycles. The van der Waals surface area contributed by atoms with Gasteiger partial charge in [0, 0.05) is 26.2 Å². The largest absolute Gasteiger partial charge is 0.381 e. The maximum absolute atomic E-state index is 11.7. The van der Waals surface area contributed by atoms with Crippen LogP contribution in [-0.2, 0) is 20.9 Å². The minimum absolute atomic E-state index is 0.101. The first-order valence-electron chi connectivity index (χ1n) is 7.30. The third-order valence-electron chi connectivity index (χ3n) is 3.41. The zero-order valence-electron chi connectivity index (χ0n) is 11.8. The Bertz CT molecular complexity index is 388. The Kier molecular flexibility index (Phi) is 6.54. The monoisotopic (exact) mass is 277 g/mol. The number of ether oxygens (including phenoxy) is 2. The van der Waals surface area contributed by atoms with Crippen LogP contribution in [-0.4, -0.2) is 32.3 Å². The summed E-state index contributed by atoms with van der Waals surface area (Å²) in [6, 6.07) is 10.0. The standard InChI is InChI=1S/C16H23NO3/c18-16(11-15-7-4-9-19-13-15)17-8-10-20-12-14-5-2-1-3-6-14/h1-3,5-6,15H,4,7-13H2,(H,17,18)/t15-/m1/s1. The Morgan fingerprint density at radius 3 is 2.95 bits per heavy atom. The smallest absolute Gasteiger partial charge is 0.220 e. The van der Waals surface area contributed by atoms with E-state index in [1.165, 1.54) is 0 Å². The highest BCUT2D eigenvalue weighted by Gasteiger charge is 2.17. The molecule has 1 atom stereocenters. The van der Waals surface area contributed by atoms with Crippen molar-refractivity contribution in [1.29, 1.82) is 0 Å². The van der Waals surface area contributed by atoms with Crippen LogP contribution in [0.4, 0.5) is 0 Å². The summed E-state index contributed by atoms with van der Waals surface area (Å²) in [5, 5.41) is 2.90. The number of hydrogen-bond acceptors (Lipinski definition) is 3. The summed E-state index contributed by atoms with van der Waals surface area (Å²) in [5.74, 6) is 0.484. The van der Waals surface area contributed by atoms with Gasteiger partial charge in [0.1, 0.15) is 0 Å². The van der Waals surface area contributed by atoms with E-state index < -0.39 is 0 Å². The van der Waals surface area contributed by atoms with Crippen molar-refractivity contribution in [1.82, 2.24) is 5.32 Å². The zero-order chi connectivity index (χ0) is 14.0. The summed E-state index contributed by atoms with van der Waals surface area (Å²) in [5.41, 5.74) is 1.15. The van der Waals surface area contributed by atoms with E-state index in [9.17, 15) is 4.79 Å². The molecule has 0 aromatic heterocycles. The summed E-state index contributed by atoms with van der Waals surface area (Å²) in [7, 11) is 0. The molecule has 110 valence electrons. The number of rotatable bonds is 7. The molecule has 0 bridgehead atoms. The second kappa shape index (κ2) is 8.72. The molecule has 1 amide bonds. The second-order valence-electron chi connectivity index (χ2n) is 5.18. The first kappa shape index (κ1) is 15.0. The number of benzene rings is 1. The highest BCUT2D eigenvalue weighted by molar-refractivity contribution is 5.76. The van der Waals surface area contributed by atoms with Gasteiger partial charge >= 0.3 is 0 Å². The van der Waals surface area contributed by atoms with Crippen LogP contribution in [0, 0.1) is 5.92 Å². The fourth-order valence-corrected chi connectivity index (χ4v) is 2.33. The Morgan fingerprint density at radius 1 is 1.35 bits per heavy atom. The van der Waals surface area contributed by atoms with Gasteiger partial charge in [0.25, 0.3) is 0 Å². The lowest BCUT2D eigenvalue weighted by Gasteiger charge is -2.21. The van der Waals surface area contributed by atoms with Gasteiger partial charge in [0.2, 0.25) is 5.91 Å². The van der Waals surface area contributed by atoms with Gasteiger partial charge in [-0.15, -0.1) is 0 Å². The molecule has 1 aromatic rings. The molecule has 20 heavy (non-hydrogen) atoms. The molecule has 2 rings (SSSR count). The molecule has 1 aliphatic rings. The van der Waals surface area contributed by atoms with Crippen LogP contribution in [0.1, 0.15) is 24.8 Å². The second-order valence-corrected chi connectivity index (χ2v) is 5.18. The molecule has 4 heteroatoms. The average molecular weight is 277 g/mol. The minimum Gasteiger partial charge on any atom is -0.381 e. The van der Waals surface area contributed by atoms with Crippen LogP contribution in [0.2, 0.25) is 0 Å². The van der Waals surface area contributed by atoms with Crippen molar-refractivity contribution in [3.63, 3.8) is 0 Å². The summed E-state index contributed by atoms with van der Waals surface area (Å²) in [6.07, 6.45) is 2.73. The van der Waals surface area contributed by atoms with Crippen molar-refractivity contribution in [2.75, 3.05) is 26.4 Å². The van der Waals surface area contributed by atoms with Crippen molar-refractivity contribution >= 4 is 5.91 Å². The van der Waals surface area contributed by atoms with Crippen molar-refractivity contribution in [3.8, 4) is 0 Å². The van der Waals surface area contributed by atoms with Gasteiger partial charge in [0.05, 0.1) is 13.2 Å². The topological polar surface area (TPSA) is 47.6 Å². The predicted octanol–water partition coefficient (Wildman–Crippen LogP) is 2.14. The number of hydrogen-bond donors (Lipinski definition) is 1. The van der Waals surface area contributed by atoms with E-state index in [-0.39, 0.29) is 5.91 Å². The summed E-state index contributed by atoms with van der Waals surface area (Å²) < 4.78 is 10.9. The molecule has 0 unspecified atom stereocenters. The first-order chi connectivity index (χ1) is 9.84. The lowest BCUT2D eigenvalue weighted by Crippen LogP contribution is -2.31. The molecule has 1 aromatic carbocycles. The normalized spacial score (nSPS) is 18.7. The molecule has 0 aliphatic carbocycles. The highest BCUT2D eigenvalue weighted by Crippen LogP contribution is 2.16. The molecule has 1 heterocycles. The van der Waals surface area contributed by atoms with E-state index in [0.29, 0.717) is 32.1 Å². The number of carbonyl (C=O) groups excluding carboxylic acids is 1. The average Bonchev–Trinajstić information content (AvgIpc) is 2.49. The van der Waals surface area contributed by atoms with E-state index in [2.05, 4.69) is 5.32 Å². The lowest BCUT2D eigenvalue weighted by molar-refractivity contribution is -0.123. The maximum Gasteiger partial charge on any atom is 0.220 e. The quantitative estimate of drug-likeness (QED) is 0.777. The molecular weight excluding hydrogens is 254 g/mol. The third-order valence-corrected chi connectivity index (χ3v) is 3.41. The van der Waals surface area contributed by atoms with Gasteiger partial charge in [-0.2, -0.15) is 0 Å². The highest BCUT2D eigenvalue weighted by atomic mass is 16.5. The SMILES string of the molecule is O=C(C[C@H]1CCCOC1)NCCOCc1ccccc1. The van der Waals surface area contributed by atoms with Crippen LogP contribution >= 0.6 is 0 Å². The third kappa shape index (κ3) is 5.72. The number of carbonyl (C=O) groups is 1. The zero-order valence-corrected chi connectivity index (χ0v) is 11.8. The van der Waals surface area contributed by atoms with Crippen LogP contribution in [0.3, 0.4) is 0 Å². The Morgan fingerprint density at radius 2 is 2.20 bits per heavy atom. The Labute approximate surface area is 120 Å². The van der Waals surface area contributed by atoms with Crippen molar-refractivity contribution in [3.05, 3.63) is 35.9 Å². The van der Waals surface area contributed by atoms with E-state index in [0.717, 1.165) is 31.6 Å². The Balaban J connectivity index is 1.51. The van der Waals surface area contributed by atoms with E-state index in [1.54, 1.807) is 0 Å². The summed E-state index contributed by atoms with van der Waals surface area (Å²) >= 11 is 0. The van der Waals surface area contributed by atoms with Gasteiger partial charge in [-0.05, 0) is 24.3 Å². The molecule has 0 radical (unpaired) electrons. The van der Waals surface area contributed by atoms with Crippen molar-refractivity contribution < 1.29 is 14.3 Å². The maximum atomic E-state index is 11.7. The number of amides is 1. The summed E-state index contributed by atoms with van der Waals surface area (Å²) in [6.45, 7) is 3.26.